The zero-order valence-corrected chi connectivity index (χ0v) is 28.0. The number of hydrogen-bond donors (Lipinski definition) is 0. The molecular formula is C39H43N7O. The van der Waals surface area contributed by atoms with Crippen molar-refractivity contribution in [2.24, 2.45) is 5.41 Å². The minimum absolute atomic E-state index is 0.00361. The number of carbonyl (C=O) groups excluding carboxylic acids is 1. The van der Waals surface area contributed by atoms with Crippen molar-refractivity contribution in [1.29, 1.82) is 0 Å². The van der Waals surface area contributed by atoms with Gasteiger partial charge in [0.15, 0.2) is 0 Å². The maximum Gasteiger partial charge on any atom is 0.223 e. The number of para-hydroxylation sites is 1. The monoisotopic (exact) mass is 625 g/mol. The Morgan fingerprint density at radius 3 is 2.43 bits per heavy atom. The summed E-state index contributed by atoms with van der Waals surface area (Å²) in [5, 5.41) is 15.1. The third kappa shape index (κ3) is 6.12. The van der Waals surface area contributed by atoms with Gasteiger partial charge in [-0.2, -0.15) is 5.10 Å². The normalized spacial score (nSPS) is 15.7. The van der Waals surface area contributed by atoms with E-state index in [1.807, 2.05) is 21.8 Å². The van der Waals surface area contributed by atoms with Crippen LogP contribution in [0.25, 0.3) is 22.2 Å². The number of carbonyl (C=O) groups is 1. The van der Waals surface area contributed by atoms with E-state index in [4.69, 9.17) is 5.10 Å². The van der Waals surface area contributed by atoms with E-state index in [2.05, 4.69) is 133 Å². The van der Waals surface area contributed by atoms with Crippen LogP contribution in [0, 0.1) is 26.2 Å². The topological polar surface area (TPSA) is 73.8 Å². The summed E-state index contributed by atoms with van der Waals surface area (Å²) in [5.74, 6) is 0.186. The highest BCUT2D eigenvalue weighted by Crippen LogP contribution is 2.38. The predicted octanol–water partition coefficient (Wildman–Crippen LogP) is 6.99. The summed E-state index contributed by atoms with van der Waals surface area (Å²) in [6, 6.07) is 29.8. The third-order valence-electron chi connectivity index (χ3n) is 9.90. The highest BCUT2D eigenvalue weighted by atomic mass is 16.2. The average molecular weight is 626 g/mol. The largest absolute Gasteiger partial charge is 0.337 e. The van der Waals surface area contributed by atoms with E-state index in [-0.39, 0.29) is 17.4 Å². The van der Waals surface area contributed by atoms with Gasteiger partial charge in [0.2, 0.25) is 5.91 Å². The molecule has 240 valence electrons. The van der Waals surface area contributed by atoms with Crippen LogP contribution in [-0.4, -0.2) is 52.7 Å². The van der Waals surface area contributed by atoms with Crippen molar-refractivity contribution < 1.29 is 4.79 Å². The molecular weight excluding hydrogens is 582 g/mol. The summed E-state index contributed by atoms with van der Waals surface area (Å²) in [5.41, 5.74) is 10.2. The summed E-state index contributed by atoms with van der Waals surface area (Å²) in [6.45, 7) is 13.5. The van der Waals surface area contributed by atoms with Gasteiger partial charge in [-0.3, -0.25) is 14.2 Å². The van der Waals surface area contributed by atoms with Crippen LogP contribution in [0.3, 0.4) is 0 Å². The number of aryl methyl sites for hydroxylation is 2. The number of benzene rings is 3. The lowest BCUT2D eigenvalue weighted by atomic mass is 9.74. The van der Waals surface area contributed by atoms with E-state index in [1.165, 1.54) is 33.2 Å². The quantitative estimate of drug-likeness (QED) is 0.165. The van der Waals surface area contributed by atoms with Crippen LogP contribution < -0.4 is 0 Å². The lowest BCUT2D eigenvalue weighted by Crippen LogP contribution is -2.65. The van der Waals surface area contributed by atoms with E-state index in [9.17, 15) is 4.79 Å². The van der Waals surface area contributed by atoms with Gasteiger partial charge in [0, 0.05) is 40.7 Å². The zero-order chi connectivity index (χ0) is 32.7. The fourth-order valence-corrected chi connectivity index (χ4v) is 7.13. The summed E-state index contributed by atoms with van der Waals surface area (Å²) in [4.78, 5) is 15.6. The van der Waals surface area contributed by atoms with Gasteiger partial charge < -0.3 is 9.47 Å². The first-order valence-corrected chi connectivity index (χ1v) is 16.6. The van der Waals surface area contributed by atoms with E-state index in [0.29, 0.717) is 25.9 Å². The molecule has 0 bridgehead atoms. The van der Waals surface area contributed by atoms with Gasteiger partial charge in [-0.1, -0.05) is 97.4 Å². The van der Waals surface area contributed by atoms with Gasteiger partial charge in [-0.05, 0) is 56.0 Å². The molecule has 0 spiro atoms. The number of amides is 1. The molecule has 8 nitrogen and oxygen atoms in total. The van der Waals surface area contributed by atoms with Crippen molar-refractivity contribution in [3.8, 4) is 11.3 Å². The van der Waals surface area contributed by atoms with Gasteiger partial charge >= 0.3 is 0 Å². The summed E-state index contributed by atoms with van der Waals surface area (Å²) in [6.07, 6.45) is 3.20. The second kappa shape index (κ2) is 12.3. The Bertz CT molecular complexity index is 2030. The van der Waals surface area contributed by atoms with Crippen LogP contribution in [0.2, 0.25) is 0 Å². The van der Waals surface area contributed by atoms with Crippen LogP contribution in [0.5, 0.6) is 0 Å². The smallest absolute Gasteiger partial charge is 0.223 e. The number of fused-ring (bicyclic) bond motifs is 1. The van der Waals surface area contributed by atoms with E-state index in [0.717, 1.165) is 35.9 Å². The first-order chi connectivity index (χ1) is 22.7. The van der Waals surface area contributed by atoms with E-state index in [1.54, 1.807) is 0 Å². The maximum atomic E-state index is 13.6. The Hall–Kier alpha value is -4.98. The van der Waals surface area contributed by atoms with Crippen molar-refractivity contribution in [3.63, 3.8) is 0 Å². The van der Waals surface area contributed by atoms with Gasteiger partial charge in [0.05, 0.1) is 37.6 Å². The molecule has 7 rings (SSSR count). The number of aromatic nitrogens is 6. The molecule has 1 fully saturated rings. The molecule has 0 saturated carbocycles. The molecule has 6 aromatic rings. The van der Waals surface area contributed by atoms with Gasteiger partial charge in [-0.25, -0.2) is 0 Å². The van der Waals surface area contributed by atoms with Crippen LogP contribution in [-0.2, 0) is 30.8 Å². The van der Waals surface area contributed by atoms with Gasteiger partial charge in [-0.15, -0.1) is 5.10 Å². The van der Waals surface area contributed by atoms with Crippen molar-refractivity contribution in [1.82, 2.24) is 34.2 Å². The van der Waals surface area contributed by atoms with E-state index >= 15 is 0 Å². The molecule has 1 saturated heterocycles. The van der Waals surface area contributed by atoms with Crippen LogP contribution in [0.4, 0.5) is 0 Å². The van der Waals surface area contributed by atoms with Gasteiger partial charge in [0.25, 0.3) is 0 Å². The molecule has 1 aliphatic rings. The Morgan fingerprint density at radius 2 is 1.66 bits per heavy atom. The summed E-state index contributed by atoms with van der Waals surface area (Å²) >= 11 is 0. The molecule has 1 unspecified atom stereocenters. The fourth-order valence-electron chi connectivity index (χ4n) is 7.13. The maximum absolute atomic E-state index is 13.6. The lowest BCUT2D eigenvalue weighted by molar-refractivity contribution is -0.152. The number of likely N-dealkylation sites (tertiary alicyclic amines) is 1. The van der Waals surface area contributed by atoms with E-state index < -0.39 is 0 Å². The number of rotatable bonds is 10. The predicted molar refractivity (Wildman–Crippen MR) is 186 cm³/mol. The Labute approximate surface area is 276 Å². The summed E-state index contributed by atoms with van der Waals surface area (Å²) < 4.78 is 6.30. The molecule has 1 atom stereocenters. The first-order valence-electron chi connectivity index (χ1n) is 16.6. The highest BCUT2D eigenvalue weighted by Gasteiger charge is 2.48. The molecule has 1 aliphatic heterocycles. The standard InChI is InChI=1S/C39H43N7O/c1-27-15-17-30(18-16-27)22-46-29(3)34(28(2)41-46)19-20-38(47)45-26-39(4,5)37(45)25-43-23-33(40-42-43)24-44-35-14-10-9-13-32(35)21-36(44)31-11-7-6-8-12-31/h6-18,21,23,37H,19-20,22,24-26H2,1-5H3. The molecule has 1 amide bonds. The first kappa shape index (κ1) is 30.7. The Morgan fingerprint density at radius 1 is 0.915 bits per heavy atom. The molecule has 3 aromatic heterocycles. The zero-order valence-electron chi connectivity index (χ0n) is 28.0. The van der Waals surface area contributed by atoms with Crippen molar-refractivity contribution in [3.05, 3.63) is 125 Å². The third-order valence-corrected chi connectivity index (χ3v) is 9.90. The molecule has 47 heavy (non-hydrogen) atoms. The van der Waals surface area contributed by atoms with Crippen LogP contribution in [0.1, 0.15) is 54.0 Å². The highest BCUT2D eigenvalue weighted by molar-refractivity contribution is 5.87. The van der Waals surface area contributed by atoms with Crippen molar-refractivity contribution in [2.75, 3.05) is 6.54 Å². The lowest BCUT2D eigenvalue weighted by Gasteiger charge is -2.54. The Balaban J connectivity index is 1.02. The molecule has 3 aromatic carbocycles. The second-order valence-electron chi connectivity index (χ2n) is 13.8. The van der Waals surface area contributed by atoms with Crippen LogP contribution >= 0.6 is 0 Å². The Kier molecular flexibility index (Phi) is 8.04. The second-order valence-corrected chi connectivity index (χ2v) is 13.8. The fraction of sp³-hybridized carbons (Fsp3) is 0.333. The number of hydrogen-bond acceptors (Lipinski definition) is 4. The molecule has 0 radical (unpaired) electrons. The SMILES string of the molecule is Cc1ccc(Cn2nc(C)c(CCC(=O)N3CC(C)(C)C3Cn3cc(Cn4c(-c5ccccc5)cc5ccccc54)nn3)c2C)cc1. The van der Waals surface area contributed by atoms with Gasteiger partial charge in [0.1, 0.15) is 5.69 Å². The van der Waals surface area contributed by atoms with Crippen LogP contribution in [0.15, 0.2) is 91.1 Å². The molecule has 0 aliphatic carbocycles. The summed E-state index contributed by atoms with van der Waals surface area (Å²) in [7, 11) is 0. The minimum atomic E-state index is 0.00361. The molecule has 4 heterocycles. The molecule has 8 heteroatoms. The average Bonchev–Trinajstić information content (AvgIpc) is 3.75. The van der Waals surface area contributed by atoms with Crippen molar-refractivity contribution >= 4 is 16.8 Å². The number of nitrogens with zero attached hydrogens (tertiary/aromatic N) is 7. The minimum Gasteiger partial charge on any atom is -0.337 e. The van der Waals surface area contributed by atoms with Crippen molar-refractivity contribution in [2.45, 2.75) is 73.1 Å². The molecule has 0 N–H and O–H groups in total.